The van der Waals surface area contributed by atoms with Crippen LogP contribution < -0.4 is 5.32 Å². The zero-order valence-electron chi connectivity index (χ0n) is 14.9. The molecule has 0 aliphatic rings. The molecule has 0 saturated carbocycles. The number of carbonyl (C=O) groups is 2. The molecule has 0 bridgehead atoms. The maximum atomic E-state index is 12.4. The van der Waals surface area contributed by atoms with Crippen molar-refractivity contribution in [2.45, 2.75) is 6.04 Å². The van der Waals surface area contributed by atoms with E-state index >= 15 is 0 Å². The first-order valence-electron chi connectivity index (χ1n) is 8.44. The highest BCUT2D eigenvalue weighted by molar-refractivity contribution is 7.10. The number of amides is 1. The number of rotatable bonds is 7. The lowest BCUT2D eigenvalue weighted by molar-refractivity contribution is -0.384. The van der Waals surface area contributed by atoms with Crippen molar-refractivity contribution < 1.29 is 19.2 Å². The second-order valence-electron chi connectivity index (χ2n) is 5.92. The minimum Gasteiger partial charge on any atom is -0.452 e. The molecule has 0 spiro atoms. The van der Waals surface area contributed by atoms with E-state index in [1.165, 1.54) is 17.4 Å². The van der Waals surface area contributed by atoms with Crippen molar-refractivity contribution in [2.75, 3.05) is 6.61 Å². The molecule has 2 aromatic carbocycles. The molecular weight excluding hydrogens is 416 g/mol. The van der Waals surface area contributed by atoms with Crippen molar-refractivity contribution in [3.8, 4) is 0 Å². The van der Waals surface area contributed by atoms with Gasteiger partial charge >= 0.3 is 5.97 Å². The van der Waals surface area contributed by atoms with Gasteiger partial charge in [0.1, 0.15) is 0 Å². The Morgan fingerprint density at radius 2 is 1.90 bits per heavy atom. The molecule has 0 saturated heterocycles. The van der Waals surface area contributed by atoms with Crippen molar-refractivity contribution in [3.05, 3.63) is 97.2 Å². The lowest BCUT2D eigenvalue weighted by atomic mass is 10.1. The van der Waals surface area contributed by atoms with Gasteiger partial charge in [-0.1, -0.05) is 48.0 Å². The van der Waals surface area contributed by atoms with E-state index in [-0.39, 0.29) is 22.3 Å². The zero-order chi connectivity index (χ0) is 20.8. The molecule has 1 heterocycles. The Kier molecular flexibility index (Phi) is 6.58. The topological polar surface area (TPSA) is 98.5 Å². The number of nitrogens with one attached hydrogen (secondary N) is 1. The lowest BCUT2D eigenvalue weighted by Gasteiger charge is -2.18. The molecule has 1 aromatic heterocycles. The SMILES string of the molecule is O=C(COC(=O)c1ccc([N+](=O)[O-])cc1Cl)NC(c1ccccc1)c1cccs1. The van der Waals surface area contributed by atoms with Gasteiger partial charge in [-0.25, -0.2) is 4.79 Å². The largest absolute Gasteiger partial charge is 0.452 e. The van der Waals surface area contributed by atoms with Crippen LogP contribution in [-0.2, 0) is 9.53 Å². The van der Waals surface area contributed by atoms with E-state index in [0.29, 0.717) is 0 Å². The Morgan fingerprint density at radius 1 is 1.14 bits per heavy atom. The second kappa shape index (κ2) is 9.31. The third kappa shape index (κ3) is 5.18. The van der Waals surface area contributed by atoms with Crippen LogP contribution in [0.15, 0.2) is 66.0 Å². The summed E-state index contributed by atoms with van der Waals surface area (Å²) < 4.78 is 5.02. The van der Waals surface area contributed by atoms with Crippen LogP contribution in [0.4, 0.5) is 5.69 Å². The van der Waals surface area contributed by atoms with Gasteiger partial charge in [0.15, 0.2) is 6.61 Å². The van der Waals surface area contributed by atoms with Gasteiger partial charge in [-0.15, -0.1) is 11.3 Å². The number of carbonyl (C=O) groups excluding carboxylic acids is 2. The number of halogens is 1. The third-order valence-electron chi connectivity index (χ3n) is 3.98. The van der Waals surface area contributed by atoms with Gasteiger partial charge in [0, 0.05) is 17.0 Å². The average Bonchev–Trinajstić information content (AvgIpc) is 3.25. The minimum atomic E-state index is -0.840. The molecule has 3 aromatic rings. The molecule has 148 valence electrons. The van der Waals surface area contributed by atoms with Crippen molar-refractivity contribution in [1.82, 2.24) is 5.32 Å². The number of esters is 1. The first-order chi connectivity index (χ1) is 14.0. The van der Waals surface area contributed by atoms with Gasteiger partial charge in [0.25, 0.3) is 11.6 Å². The number of thiophene rings is 1. The normalized spacial score (nSPS) is 11.5. The monoisotopic (exact) mass is 430 g/mol. The van der Waals surface area contributed by atoms with Gasteiger partial charge in [-0.05, 0) is 23.1 Å². The van der Waals surface area contributed by atoms with Crippen LogP contribution in [0.5, 0.6) is 0 Å². The third-order valence-corrected chi connectivity index (χ3v) is 5.23. The Bertz CT molecular complexity index is 1020. The standard InChI is InChI=1S/C20H15ClN2O5S/c21-16-11-14(23(26)27)8-9-15(16)20(25)28-12-18(24)22-19(17-7-4-10-29-17)13-5-2-1-3-6-13/h1-11,19H,12H2,(H,22,24). The Morgan fingerprint density at radius 3 is 2.52 bits per heavy atom. The number of hydrogen-bond acceptors (Lipinski definition) is 6. The highest BCUT2D eigenvalue weighted by Gasteiger charge is 2.20. The van der Waals surface area contributed by atoms with Gasteiger partial charge in [-0.3, -0.25) is 14.9 Å². The fourth-order valence-corrected chi connectivity index (χ4v) is 3.67. The van der Waals surface area contributed by atoms with Crippen molar-refractivity contribution >= 4 is 40.5 Å². The van der Waals surface area contributed by atoms with Crippen molar-refractivity contribution in [2.24, 2.45) is 0 Å². The minimum absolute atomic E-state index is 0.0528. The van der Waals surface area contributed by atoms with Crippen LogP contribution in [0.1, 0.15) is 26.8 Å². The van der Waals surface area contributed by atoms with E-state index < -0.39 is 23.4 Å². The molecule has 1 amide bonds. The number of nitro groups is 1. The number of non-ortho nitro benzene ring substituents is 1. The predicted molar refractivity (Wildman–Crippen MR) is 109 cm³/mol. The maximum Gasteiger partial charge on any atom is 0.340 e. The van der Waals surface area contributed by atoms with Gasteiger partial charge in [0.2, 0.25) is 0 Å². The van der Waals surface area contributed by atoms with Crippen LogP contribution in [0.3, 0.4) is 0 Å². The highest BCUT2D eigenvalue weighted by Crippen LogP contribution is 2.26. The second-order valence-corrected chi connectivity index (χ2v) is 7.31. The number of nitrogens with zero attached hydrogens (tertiary/aromatic N) is 1. The van der Waals surface area contributed by atoms with Crippen LogP contribution in [-0.4, -0.2) is 23.4 Å². The predicted octanol–water partition coefficient (Wildman–Crippen LogP) is 4.37. The molecule has 0 fully saturated rings. The molecule has 0 radical (unpaired) electrons. The fraction of sp³-hybridized carbons (Fsp3) is 0.100. The number of nitro benzene ring substituents is 1. The molecule has 9 heteroatoms. The molecule has 1 atom stereocenters. The van der Waals surface area contributed by atoms with Gasteiger partial charge in [-0.2, -0.15) is 0 Å². The van der Waals surface area contributed by atoms with Crippen LogP contribution in [0.25, 0.3) is 0 Å². The van der Waals surface area contributed by atoms with Crippen molar-refractivity contribution in [1.29, 1.82) is 0 Å². The number of hydrogen-bond donors (Lipinski definition) is 1. The number of benzene rings is 2. The van der Waals surface area contributed by atoms with E-state index in [1.54, 1.807) is 0 Å². The summed E-state index contributed by atoms with van der Waals surface area (Å²) in [6, 6.07) is 16.2. The summed E-state index contributed by atoms with van der Waals surface area (Å²) in [5.74, 6) is -1.33. The molecule has 0 aliphatic heterocycles. The molecule has 1 N–H and O–H groups in total. The van der Waals surface area contributed by atoms with E-state index in [1.807, 2.05) is 47.8 Å². The molecule has 0 aliphatic carbocycles. The van der Waals surface area contributed by atoms with E-state index in [4.69, 9.17) is 16.3 Å². The summed E-state index contributed by atoms with van der Waals surface area (Å²) in [6.07, 6.45) is 0. The Balaban J connectivity index is 1.65. The van der Waals surface area contributed by atoms with Crippen molar-refractivity contribution in [3.63, 3.8) is 0 Å². The van der Waals surface area contributed by atoms with E-state index in [2.05, 4.69) is 5.32 Å². The first-order valence-corrected chi connectivity index (χ1v) is 9.70. The average molecular weight is 431 g/mol. The van der Waals surface area contributed by atoms with E-state index in [9.17, 15) is 19.7 Å². The highest BCUT2D eigenvalue weighted by atomic mass is 35.5. The van der Waals surface area contributed by atoms with Gasteiger partial charge in [0.05, 0.1) is 21.6 Å². The molecule has 1 unspecified atom stereocenters. The van der Waals surface area contributed by atoms with Crippen LogP contribution in [0.2, 0.25) is 5.02 Å². The Labute approximate surface area is 175 Å². The summed E-state index contributed by atoms with van der Waals surface area (Å²) in [7, 11) is 0. The fourth-order valence-electron chi connectivity index (χ4n) is 2.61. The molecule has 3 rings (SSSR count). The smallest absolute Gasteiger partial charge is 0.340 e. The summed E-state index contributed by atoms with van der Waals surface area (Å²) in [6.45, 7) is -0.513. The zero-order valence-corrected chi connectivity index (χ0v) is 16.5. The van der Waals surface area contributed by atoms with Crippen LogP contribution in [0, 0.1) is 10.1 Å². The summed E-state index contributed by atoms with van der Waals surface area (Å²) in [5.41, 5.74) is 0.599. The first kappa shape index (κ1) is 20.5. The summed E-state index contributed by atoms with van der Waals surface area (Å²) in [5, 5.41) is 15.4. The van der Waals surface area contributed by atoms with Gasteiger partial charge < -0.3 is 10.1 Å². The van der Waals surface area contributed by atoms with E-state index in [0.717, 1.165) is 22.6 Å². The maximum absolute atomic E-state index is 12.4. The summed E-state index contributed by atoms with van der Waals surface area (Å²) in [4.78, 5) is 35.6. The quantitative estimate of drug-likeness (QED) is 0.341. The Hall–Kier alpha value is -3.23. The molecular formula is C20H15ClN2O5S. The lowest BCUT2D eigenvalue weighted by Crippen LogP contribution is -2.32. The van der Waals surface area contributed by atoms with Crippen LogP contribution >= 0.6 is 22.9 Å². The summed E-state index contributed by atoms with van der Waals surface area (Å²) >= 11 is 7.41. The molecule has 7 nitrogen and oxygen atoms in total. The molecule has 29 heavy (non-hydrogen) atoms. The number of ether oxygens (including phenoxy) is 1.